The van der Waals surface area contributed by atoms with Crippen LogP contribution < -0.4 is 5.73 Å². The first kappa shape index (κ1) is 16.5. The zero-order chi connectivity index (χ0) is 16.5. The lowest BCUT2D eigenvalue weighted by atomic mass is 9.86. The quantitative estimate of drug-likeness (QED) is 0.918. The highest BCUT2D eigenvalue weighted by molar-refractivity contribution is 5.46. The lowest BCUT2D eigenvalue weighted by Gasteiger charge is -2.19. The number of hydrogen-bond donors (Lipinski definition) is 1. The van der Waals surface area contributed by atoms with E-state index in [9.17, 15) is 0 Å². The standard InChI is InChI=1S/C19H27N3/c1-12(18-21-13(2)17(20)14(3)22-18)11-15-7-9-16(10-8-15)19(4,5)6/h7-10,12H,11,20H2,1-6H3. The number of aryl methyl sites for hydroxylation is 2. The van der Waals surface area contributed by atoms with E-state index >= 15 is 0 Å². The summed E-state index contributed by atoms with van der Waals surface area (Å²) in [5, 5.41) is 0. The van der Waals surface area contributed by atoms with Crippen molar-refractivity contribution in [2.75, 3.05) is 5.73 Å². The Morgan fingerprint density at radius 2 is 1.50 bits per heavy atom. The predicted octanol–water partition coefficient (Wildman–Crippen LogP) is 4.32. The van der Waals surface area contributed by atoms with Crippen LogP contribution in [0.25, 0.3) is 0 Å². The fourth-order valence-corrected chi connectivity index (χ4v) is 2.56. The summed E-state index contributed by atoms with van der Waals surface area (Å²) in [6.45, 7) is 12.8. The molecule has 0 aliphatic carbocycles. The van der Waals surface area contributed by atoms with Crippen LogP contribution >= 0.6 is 0 Å². The predicted molar refractivity (Wildman–Crippen MR) is 93.2 cm³/mol. The van der Waals surface area contributed by atoms with E-state index in [1.807, 2.05) is 13.8 Å². The summed E-state index contributed by atoms with van der Waals surface area (Å²) in [4.78, 5) is 9.10. The van der Waals surface area contributed by atoms with Gasteiger partial charge in [0.1, 0.15) is 5.82 Å². The van der Waals surface area contributed by atoms with E-state index in [-0.39, 0.29) is 11.3 Å². The van der Waals surface area contributed by atoms with Crippen LogP contribution in [-0.4, -0.2) is 9.97 Å². The second kappa shape index (κ2) is 6.07. The fraction of sp³-hybridized carbons (Fsp3) is 0.474. The molecule has 3 heteroatoms. The number of rotatable bonds is 3. The number of benzene rings is 1. The van der Waals surface area contributed by atoms with Gasteiger partial charge >= 0.3 is 0 Å². The van der Waals surface area contributed by atoms with Crippen molar-refractivity contribution in [3.8, 4) is 0 Å². The number of nitrogens with zero attached hydrogens (tertiary/aromatic N) is 2. The van der Waals surface area contributed by atoms with E-state index in [4.69, 9.17) is 5.73 Å². The van der Waals surface area contributed by atoms with Crippen molar-refractivity contribution in [1.82, 2.24) is 9.97 Å². The van der Waals surface area contributed by atoms with Gasteiger partial charge in [0.25, 0.3) is 0 Å². The van der Waals surface area contributed by atoms with Crippen molar-refractivity contribution in [2.24, 2.45) is 0 Å². The van der Waals surface area contributed by atoms with Gasteiger partial charge in [-0.25, -0.2) is 9.97 Å². The first-order valence-electron chi connectivity index (χ1n) is 7.88. The van der Waals surface area contributed by atoms with Crippen molar-refractivity contribution >= 4 is 5.69 Å². The summed E-state index contributed by atoms with van der Waals surface area (Å²) in [6.07, 6.45) is 0.938. The van der Waals surface area contributed by atoms with Crippen molar-refractivity contribution in [3.63, 3.8) is 0 Å². The van der Waals surface area contributed by atoms with E-state index in [1.54, 1.807) is 0 Å². The largest absolute Gasteiger partial charge is 0.396 e. The van der Waals surface area contributed by atoms with Gasteiger partial charge < -0.3 is 5.73 Å². The van der Waals surface area contributed by atoms with Crippen LogP contribution in [0.2, 0.25) is 0 Å². The van der Waals surface area contributed by atoms with Gasteiger partial charge in [0.05, 0.1) is 17.1 Å². The molecule has 2 N–H and O–H groups in total. The highest BCUT2D eigenvalue weighted by Gasteiger charge is 2.15. The Morgan fingerprint density at radius 3 is 1.95 bits per heavy atom. The number of nitrogens with two attached hydrogens (primary N) is 1. The molecule has 1 heterocycles. The lowest BCUT2D eigenvalue weighted by molar-refractivity contribution is 0.589. The van der Waals surface area contributed by atoms with Crippen LogP contribution in [0.5, 0.6) is 0 Å². The van der Waals surface area contributed by atoms with Crippen molar-refractivity contribution in [3.05, 3.63) is 52.6 Å². The molecule has 0 aliphatic rings. The molecule has 1 aromatic carbocycles. The first-order chi connectivity index (χ1) is 10.2. The molecule has 0 aliphatic heterocycles. The topological polar surface area (TPSA) is 51.8 Å². The molecule has 0 saturated carbocycles. The minimum Gasteiger partial charge on any atom is -0.396 e. The van der Waals surface area contributed by atoms with Crippen molar-refractivity contribution in [2.45, 2.75) is 59.3 Å². The van der Waals surface area contributed by atoms with Gasteiger partial charge in [-0.2, -0.15) is 0 Å². The molecule has 3 nitrogen and oxygen atoms in total. The summed E-state index contributed by atoms with van der Waals surface area (Å²) >= 11 is 0. The molecule has 0 radical (unpaired) electrons. The van der Waals surface area contributed by atoms with E-state index in [1.165, 1.54) is 11.1 Å². The molecule has 2 rings (SSSR count). The van der Waals surface area contributed by atoms with Crippen LogP contribution in [0.3, 0.4) is 0 Å². The van der Waals surface area contributed by atoms with Gasteiger partial charge in [0, 0.05) is 5.92 Å². The molecule has 0 amide bonds. The normalized spacial score (nSPS) is 13.2. The van der Waals surface area contributed by atoms with E-state index in [0.29, 0.717) is 5.69 Å². The number of aromatic nitrogens is 2. The Hall–Kier alpha value is -1.90. The minimum atomic E-state index is 0.193. The van der Waals surface area contributed by atoms with E-state index in [0.717, 1.165) is 23.6 Å². The average Bonchev–Trinajstić information content (AvgIpc) is 2.43. The van der Waals surface area contributed by atoms with E-state index < -0.39 is 0 Å². The Morgan fingerprint density at radius 1 is 1.00 bits per heavy atom. The SMILES string of the molecule is Cc1nc(C(C)Cc2ccc(C(C)(C)C)cc2)nc(C)c1N. The molecule has 0 spiro atoms. The summed E-state index contributed by atoms with van der Waals surface area (Å²) in [5.74, 6) is 1.16. The Bertz CT molecular complexity index is 628. The number of hydrogen-bond acceptors (Lipinski definition) is 3. The Labute approximate surface area is 134 Å². The monoisotopic (exact) mass is 297 g/mol. The highest BCUT2D eigenvalue weighted by atomic mass is 14.9. The Balaban J connectivity index is 2.17. The zero-order valence-corrected chi connectivity index (χ0v) is 14.6. The summed E-state index contributed by atoms with van der Waals surface area (Å²) in [7, 11) is 0. The first-order valence-corrected chi connectivity index (χ1v) is 7.88. The number of anilines is 1. The molecule has 22 heavy (non-hydrogen) atoms. The lowest BCUT2D eigenvalue weighted by Crippen LogP contribution is -2.11. The molecule has 118 valence electrons. The molecule has 1 atom stereocenters. The molecular weight excluding hydrogens is 270 g/mol. The molecule has 1 aromatic heterocycles. The van der Waals surface area contributed by atoms with Crippen LogP contribution in [0, 0.1) is 13.8 Å². The van der Waals surface area contributed by atoms with Crippen LogP contribution in [0.1, 0.15) is 62.0 Å². The third-order valence-electron chi connectivity index (χ3n) is 4.15. The van der Waals surface area contributed by atoms with Crippen molar-refractivity contribution < 1.29 is 0 Å². The average molecular weight is 297 g/mol. The molecule has 0 saturated heterocycles. The molecule has 2 aromatic rings. The smallest absolute Gasteiger partial charge is 0.132 e. The van der Waals surface area contributed by atoms with Crippen LogP contribution in [0.15, 0.2) is 24.3 Å². The molecular formula is C19H27N3. The third kappa shape index (κ3) is 3.65. The summed E-state index contributed by atoms with van der Waals surface area (Å²) in [5.41, 5.74) is 11.2. The fourth-order valence-electron chi connectivity index (χ4n) is 2.56. The maximum Gasteiger partial charge on any atom is 0.132 e. The van der Waals surface area contributed by atoms with Gasteiger partial charge in [0.15, 0.2) is 0 Å². The van der Waals surface area contributed by atoms with Crippen LogP contribution in [-0.2, 0) is 11.8 Å². The van der Waals surface area contributed by atoms with Crippen LogP contribution in [0.4, 0.5) is 5.69 Å². The van der Waals surface area contributed by atoms with Gasteiger partial charge in [-0.1, -0.05) is 52.0 Å². The maximum atomic E-state index is 5.94. The second-order valence-electron chi connectivity index (χ2n) is 7.22. The van der Waals surface area contributed by atoms with E-state index in [2.05, 4.69) is 61.9 Å². The number of nitrogen functional groups attached to an aromatic ring is 1. The van der Waals surface area contributed by atoms with Gasteiger partial charge in [-0.3, -0.25) is 0 Å². The zero-order valence-electron chi connectivity index (χ0n) is 14.6. The Kier molecular flexibility index (Phi) is 4.55. The summed E-state index contributed by atoms with van der Waals surface area (Å²) in [6, 6.07) is 8.88. The third-order valence-corrected chi connectivity index (χ3v) is 4.15. The highest BCUT2D eigenvalue weighted by Crippen LogP contribution is 2.25. The summed E-state index contributed by atoms with van der Waals surface area (Å²) < 4.78 is 0. The van der Waals surface area contributed by atoms with Gasteiger partial charge in [-0.05, 0) is 36.8 Å². The second-order valence-corrected chi connectivity index (χ2v) is 7.22. The van der Waals surface area contributed by atoms with Crippen molar-refractivity contribution in [1.29, 1.82) is 0 Å². The molecule has 0 bridgehead atoms. The minimum absolute atomic E-state index is 0.193. The van der Waals surface area contributed by atoms with Gasteiger partial charge in [-0.15, -0.1) is 0 Å². The molecule has 0 fully saturated rings. The molecule has 1 unspecified atom stereocenters. The van der Waals surface area contributed by atoms with Gasteiger partial charge in [0.2, 0.25) is 0 Å². The maximum absolute atomic E-state index is 5.94.